The van der Waals surface area contributed by atoms with Crippen molar-refractivity contribution in [3.05, 3.63) is 36.4 Å². The first-order valence-electron chi connectivity index (χ1n) is 5.70. The molecule has 0 atom stereocenters. The number of aromatic nitrogens is 3. The normalized spacial score (nSPS) is 11.3. The molecule has 0 aliphatic heterocycles. The topological polar surface area (TPSA) is 70.9 Å². The van der Waals surface area contributed by atoms with Crippen LogP contribution < -0.4 is 5.32 Å². The molecule has 2 heterocycles. The molecule has 0 bridgehead atoms. The van der Waals surface area contributed by atoms with Crippen molar-refractivity contribution in [3.8, 4) is 11.3 Å². The SMILES string of the molecule is CNc1cc(-c2ccc(C(C)(C)O)nc2)ncn1. The van der Waals surface area contributed by atoms with Crippen molar-refractivity contribution >= 4 is 5.82 Å². The Morgan fingerprint density at radius 2 is 1.94 bits per heavy atom. The van der Waals surface area contributed by atoms with E-state index in [2.05, 4.69) is 20.3 Å². The van der Waals surface area contributed by atoms with Gasteiger partial charge in [0.15, 0.2) is 0 Å². The van der Waals surface area contributed by atoms with Crippen LogP contribution in [0.5, 0.6) is 0 Å². The number of aliphatic hydroxyl groups is 1. The molecule has 0 saturated heterocycles. The monoisotopic (exact) mass is 244 g/mol. The van der Waals surface area contributed by atoms with Crippen LogP contribution in [-0.2, 0) is 5.60 Å². The molecule has 0 aliphatic carbocycles. The molecule has 0 radical (unpaired) electrons. The van der Waals surface area contributed by atoms with E-state index >= 15 is 0 Å². The van der Waals surface area contributed by atoms with Crippen LogP contribution in [0.25, 0.3) is 11.3 Å². The van der Waals surface area contributed by atoms with Gasteiger partial charge in [-0.25, -0.2) is 9.97 Å². The van der Waals surface area contributed by atoms with Crippen molar-refractivity contribution in [1.29, 1.82) is 0 Å². The Morgan fingerprint density at radius 3 is 2.50 bits per heavy atom. The number of hydrogen-bond donors (Lipinski definition) is 2. The summed E-state index contributed by atoms with van der Waals surface area (Å²) in [5, 5.41) is 12.8. The lowest BCUT2D eigenvalue weighted by Gasteiger charge is -2.16. The fourth-order valence-corrected chi connectivity index (χ4v) is 1.56. The Bertz CT molecular complexity index is 531. The summed E-state index contributed by atoms with van der Waals surface area (Å²) in [6.07, 6.45) is 3.21. The predicted molar refractivity (Wildman–Crippen MR) is 70.1 cm³/mol. The molecule has 2 N–H and O–H groups in total. The maximum absolute atomic E-state index is 9.83. The Labute approximate surface area is 106 Å². The Balaban J connectivity index is 2.34. The van der Waals surface area contributed by atoms with Gasteiger partial charge in [0.25, 0.3) is 0 Å². The third-order valence-corrected chi connectivity index (χ3v) is 2.61. The zero-order chi connectivity index (χ0) is 13.2. The summed E-state index contributed by atoms with van der Waals surface area (Å²) in [6, 6.07) is 5.54. The number of hydrogen-bond acceptors (Lipinski definition) is 5. The van der Waals surface area contributed by atoms with Gasteiger partial charge in [0.2, 0.25) is 0 Å². The number of pyridine rings is 1. The zero-order valence-corrected chi connectivity index (χ0v) is 10.7. The second-order valence-corrected chi connectivity index (χ2v) is 4.53. The van der Waals surface area contributed by atoms with Crippen molar-refractivity contribution in [3.63, 3.8) is 0 Å². The fourth-order valence-electron chi connectivity index (χ4n) is 1.56. The van der Waals surface area contributed by atoms with Gasteiger partial charge >= 0.3 is 0 Å². The lowest BCUT2D eigenvalue weighted by Crippen LogP contribution is -2.17. The summed E-state index contributed by atoms with van der Waals surface area (Å²) < 4.78 is 0. The van der Waals surface area contributed by atoms with Crippen molar-refractivity contribution in [1.82, 2.24) is 15.0 Å². The van der Waals surface area contributed by atoms with Gasteiger partial charge in [-0.3, -0.25) is 4.98 Å². The van der Waals surface area contributed by atoms with Crippen molar-refractivity contribution in [2.24, 2.45) is 0 Å². The first-order valence-corrected chi connectivity index (χ1v) is 5.70. The van der Waals surface area contributed by atoms with E-state index in [1.807, 2.05) is 19.2 Å². The minimum atomic E-state index is -0.930. The highest BCUT2D eigenvalue weighted by Crippen LogP contribution is 2.21. The van der Waals surface area contributed by atoms with Gasteiger partial charge in [0.1, 0.15) is 17.7 Å². The third-order valence-electron chi connectivity index (χ3n) is 2.61. The van der Waals surface area contributed by atoms with Crippen LogP contribution in [0.1, 0.15) is 19.5 Å². The Morgan fingerprint density at radius 1 is 1.17 bits per heavy atom. The molecule has 0 amide bonds. The van der Waals surface area contributed by atoms with Crippen LogP contribution in [0.4, 0.5) is 5.82 Å². The molecule has 0 aromatic carbocycles. The van der Waals surface area contributed by atoms with Crippen LogP contribution in [0.2, 0.25) is 0 Å². The van der Waals surface area contributed by atoms with Crippen LogP contribution in [-0.4, -0.2) is 27.1 Å². The van der Waals surface area contributed by atoms with Gasteiger partial charge in [0.05, 0.1) is 11.4 Å². The van der Waals surface area contributed by atoms with Gasteiger partial charge in [-0.1, -0.05) is 0 Å². The second kappa shape index (κ2) is 4.70. The molecule has 5 heteroatoms. The summed E-state index contributed by atoms with van der Waals surface area (Å²) in [4.78, 5) is 12.5. The number of anilines is 1. The summed E-state index contributed by atoms with van der Waals surface area (Å²) in [7, 11) is 1.81. The van der Waals surface area contributed by atoms with Crippen molar-refractivity contribution in [2.45, 2.75) is 19.4 Å². The van der Waals surface area contributed by atoms with E-state index in [1.54, 1.807) is 26.1 Å². The van der Waals surface area contributed by atoms with E-state index in [0.29, 0.717) is 5.69 Å². The van der Waals surface area contributed by atoms with Crippen LogP contribution in [0, 0.1) is 0 Å². The smallest absolute Gasteiger partial charge is 0.129 e. The van der Waals surface area contributed by atoms with Crippen molar-refractivity contribution < 1.29 is 5.11 Å². The third kappa shape index (κ3) is 2.62. The predicted octanol–water partition coefficient (Wildman–Crippen LogP) is 1.81. The molecule has 0 aliphatic rings. The minimum Gasteiger partial charge on any atom is -0.384 e. The standard InChI is InChI=1S/C13H16N4O/c1-13(2,18)11-5-4-9(7-15-11)10-6-12(14-3)17-8-16-10/h4-8,18H,1-3H3,(H,14,16,17). The molecule has 2 rings (SSSR count). The molecule has 0 unspecified atom stereocenters. The number of nitrogens with zero attached hydrogens (tertiary/aromatic N) is 3. The average Bonchev–Trinajstić information content (AvgIpc) is 2.38. The molecule has 2 aromatic heterocycles. The van der Waals surface area contributed by atoms with Crippen LogP contribution in [0.3, 0.4) is 0 Å². The molecule has 94 valence electrons. The van der Waals surface area contributed by atoms with Crippen LogP contribution >= 0.6 is 0 Å². The summed E-state index contributed by atoms with van der Waals surface area (Å²) >= 11 is 0. The van der Waals surface area contributed by atoms with Gasteiger partial charge < -0.3 is 10.4 Å². The Kier molecular flexibility index (Phi) is 3.25. The second-order valence-electron chi connectivity index (χ2n) is 4.53. The molecule has 18 heavy (non-hydrogen) atoms. The van der Waals surface area contributed by atoms with Gasteiger partial charge in [0, 0.05) is 24.9 Å². The highest BCUT2D eigenvalue weighted by Gasteiger charge is 2.17. The van der Waals surface area contributed by atoms with E-state index in [-0.39, 0.29) is 0 Å². The van der Waals surface area contributed by atoms with Gasteiger partial charge in [-0.2, -0.15) is 0 Å². The maximum Gasteiger partial charge on any atom is 0.129 e. The lowest BCUT2D eigenvalue weighted by molar-refractivity contribution is 0.0739. The number of rotatable bonds is 3. The molecular formula is C13H16N4O. The van der Waals surface area contributed by atoms with Gasteiger partial charge in [-0.05, 0) is 26.0 Å². The first kappa shape index (κ1) is 12.4. The van der Waals surface area contributed by atoms with Crippen LogP contribution in [0.15, 0.2) is 30.7 Å². The number of nitrogens with one attached hydrogen (secondary N) is 1. The summed E-state index contributed by atoms with van der Waals surface area (Å²) in [6.45, 7) is 3.41. The highest BCUT2D eigenvalue weighted by atomic mass is 16.3. The first-order chi connectivity index (χ1) is 8.50. The fraction of sp³-hybridized carbons (Fsp3) is 0.308. The molecule has 0 spiro atoms. The Hall–Kier alpha value is -2.01. The quantitative estimate of drug-likeness (QED) is 0.861. The molecule has 5 nitrogen and oxygen atoms in total. The minimum absolute atomic E-state index is 0.633. The summed E-state index contributed by atoms with van der Waals surface area (Å²) in [5.74, 6) is 0.756. The zero-order valence-electron chi connectivity index (χ0n) is 10.7. The molecule has 0 fully saturated rings. The van der Waals surface area contributed by atoms with E-state index in [1.165, 1.54) is 6.33 Å². The molecular weight excluding hydrogens is 228 g/mol. The van der Waals surface area contributed by atoms with E-state index in [0.717, 1.165) is 17.1 Å². The average molecular weight is 244 g/mol. The van der Waals surface area contributed by atoms with Gasteiger partial charge in [-0.15, -0.1) is 0 Å². The van der Waals surface area contributed by atoms with E-state index in [9.17, 15) is 5.11 Å². The van der Waals surface area contributed by atoms with E-state index in [4.69, 9.17) is 0 Å². The maximum atomic E-state index is 9.83. The molecule has 2 aromatic rings. The lowest BCUT2D eigenvalue weighted by atomic mass is 10.0. The van der Waals surface area contributed by atoms with Crippen molar-refractivity contribution in [2.75, 3.05) is 12.4 Å². The summed E-state index contributed by atoms with van der Waals surface area (Å²) in [5.41, 5.74) is 1.39. The molecule has 0 saturated carbocycles. The van der Waals surface area contributed by atoms with E-state index < -0.39 is 5.60 Å². The largest absolute Gasteiger partial charge is 0.384 e. The highest BCUT2D eigenvalue weighted by molar-refractivity contribution is 5.61.